The van der Waals surface area contributed by atoms with Crippen molar-refractivity contribution in [2.75, 3.05) is 47.0 Å². The molecule has 0 aromatic heterocycles. The molecule has 0 bridgehead atoms. The number of carbonyl (C=O) groups is 2. The minimum Gasteiger partial charge on any atom is -0.451 e. The molecule has 2 N–H and O–H groups in total. The van der Waals surface area contributed by atoms with Crippen molar-refractivity contribution in [3.8, 4) is 11.5 Å². The van der Waals surface area contributed by atoms with E-state index in [0.29, 0.717) is 0 Å². The van der Waals surface area contributed by atoms with Crippen molar-refractivity contribution in [1.82, 2.24) is 14.7 Å². The topological polar surface area (TPSA) is 118 Å². The zero-order valence-electron chi connectivity index (χ0n) is 18.8. The highest BCUT2D eigenvalue weighted by Gasteiger charge is 2.24. The van der Waals surface area contributed by atoms with Crippen LogP contribution in [0.2, 0.25) is 0 Å². The van der Waals surface area contributed by atoms with Gasteiger partial charge in [-0.15, -0.1) is 0 Å². The van der Waals surface area contributed by atoms with E-state index in [1.165, 1.54) is 31.8 Å². The first-order valence-corrected chi connectivity index (χ1v) is 11.2. The van der Waals surface area contributed by atoms with E-state index in [9.17, 15) is 27.0 Å². The van der Waals surface area contributed by atoms with Crippen molar-refractivity contribution in [3.63, 3.8) is 0 Å². The summed E-state index contributed by atoms with van der Waals surface area (Å²) >= 11 is 0. The second kappa shape index (κ2) is 13.6. The number of hydroxylamine groups is 1. The number of benzene rings is 2. The summed E-state index contributed by atoms with van der Waals surface area (Å²) in [5, 5.41) is 8.82. The molecule has 2 rings (SSSR count). The van der Waals surface area contributed by atoms with Gasteiger partial charge in [-0.2, -0.15) is 0 Å². The minimum absolute atomic E-state index is 0.00708. The molecule has 0 heterocycles. The van der Waals surface area contributed by atoms with Gasteiger partial charge >= 0.3 is 6.09 Å². The van der Waals surface area contributed by atoms with Gasteiger partial charge in [-0.1, -0.05) is 0 Å². The van der Waals surface area contributed by atoms with Crippen LogP contribution in [0.5, 0.6) is 11.5 Å². The lowest BCUT2D eigenvalue weighted by atomic mass is 10.3. The summed E-state index contributed by atoms with van der Waals surface area (Å²) < 4.78 is 71.1. The zero-order valence-corrected chi connectivity index (χ0v) is 19.6. The van der Waals surface area contributed by atoms with Gasteiger partial charge in [-0.25, -0.2) is 32.0 Å². The lowest BCUT2D eigenvalue weighted by molar-refractivity contribution is -0.129. The summed E-state index contributed by atoms with van der Waals surface area (Å²) in [6.07, 6.45) is -0.709. The highest BCUT2D eigenvalue weighted by atomic mass is 32.2. The molecule has 192 valence electrons. The molecular weight excluding hydrogens is 495 g/mol. The first-order valence-electron chi connectivity index (χ1n) is 10.0. The third kappa shape index (κ3) is 8.51. The van der Waals surface area contributed by atoms with Crippen molar-refractivity contribution < 1.29 is 46.4 Å². The van der Waals surface area contributed by atoms with Gasteiger partial charge in [0.1, 0.15) is 29.2 Å². The third-order valence-corrected chi connectivity index (χ3v) is 5.82. The molecule has 10 nitrogen and oxygen atoms in total. The van der Waals surface area contributed by atoms with E-state index >= 15 is 0 Å². The second-order valence-corrected chi connectivity index (χ2v) is 8.43. The maximum atomic E-state index is 14.6. The average Bonchev–Trinajstić information content (AvgIpc) is 2.84. The van der Waals surface area contributed by atoms with Crippen molar-refractivity contribution in [2.24, 2.45) is 0 Å². The Morgan fingerprint density at radius 3 is 2.26 bits per heavy atom. The predicted molar refractivity (Wildman–Crippen MR) is 117 cm³/mol. The number of methoxy groups -OCH3 is 1. The lowest BCUT2D eigenvalue weighted by Crippen LogP contribution is -2.42. The fourth-order valence-corrected chi connectivity index (χ4v) is 3.78. The second-order valence-electron chi connectivity index (χ2n) is 6.95. The SMILES string of the molecule is COCCOC(=O)N(C)CCN(CC(=O)NO)S(=O)c1cc(F)c(Oc2ccc(F)cc2)c(F)c1. The Kier molecular flexibility index (Phi) is 10.9. The fraction of sp³-hybridized carbons (Fsp3) is 0.333. The minimum atomic E-state index is -2.28. The number of halogens is 3. The van der Waals surface area contributed by atoms with Crippen LogP contribution in [0.25, 0.3) is 0 Å². The maximum absolute atomic E-state index is 14.6. The van der Waals surface area contributed by atoms with Crippen molar-refractivity contribution in [2.45, 2.75) is 4.90 Å². The van der Waals surface area contributed by atoms with E-state index in [1.807, 2.05) is 0 Å². The van der Waals surface area contributed by atoms with E-state index in [4.69, 9.17) is 19.4 Å². The number of nitrogens with zero attached hydrogens (tertiary/aromatic N) is 2. The van der Waals surface area contributed by atoms with Gasteiger partial charge in [0.2, 0.25) is 0 Å². The van der Waals surface area contributed by atoms with Gasteiger partial charge in [0, 0.05) is 27.2 Å². The van der Waals surface area contributed by atoms with E-state index in [1.54, 1.807) is 0 Å². The van der Waals surface area contributed by atoms with Crippen LogP contribution in [0.4, 0.5) is 18.0 Å². The summed E-state index contributed by atoms with van der Waals surface area (Å²) in [7, 11) is 0.546. The van der Waals surface area contributed by atoms with Crippen LogP contribution in [0.3, 0.4) is 0 Å². The molecule has 1 unspecified atom stereocenters. The average molecular weight is 519 g/mol. The van der Waals surface area contributed by atoms with E-state index in [-0.39, 0.29) is 36.9 Å². The Morgan fingerprint density at radius 2 is 1.69 bits per heavy atom. The number of hydrogen-bond acceptors (Lipinski definition) is 7. The quantitative estimate of drug-likeness (QED) is 0.251. The van der Waals surface area contributed by atoms with Crippen LogP contribution in [0.15, 0.2) is 41.3 Å². The van der Waals surface area contributed by atoms with Gasteiger partial charge in [0.15, 0.2) is 17.4 Å². The molecule has 35 heavy (non-hydrogen) atoms. The Balaban J connectivity index is 2.16. The molecule has 0 spiro atoms. The van der Waals surface area contributed by atoms with Crippen LogP contribution < -0.4 is 10.2 Å². The Labute approximate surface area is 201 Å². The standard InChI is InChI=1S/C21H24F3N3O7S/c1-26(21(29)33-10-9-32-2)7-8-27(13-19(28)25-30)35(31)16-11-17(23)20(18(24)12-16)34-15-5-3-14(22)4-6-15/h3-6,11-12,30H,7-10,13H2,1-2H3,(H,25,28). The number of amides is 2. The van der Waals surface area contributed by atoms with Crippen LogP contribution in [0, 0.1) is 17.5 Å². The van der Waals surface area contributed by atoms with Crippen LogP contribution in [0.1, 0.15) is 0 Å². The molecule has 1 atom stereocenters. The van der Waals surface area contributed by atoms with Gasteiger partial charge in [-0.05, 0) is 36.4 Å². The predicted octanol–water partition coefficient (Wildman–Crippen LogP) is 2.44. The van der Waals surface area contributed by atoms with Crippen molar-refractivity contribution in [1.29, 1.82) is 0 Å². The summed E-state index contributed by atoms with van der Waals surface area (Å²) in [6.45, 7) is -0.690. The summed E-state index contributed by atoms with van der Waals surface area (Å²) in [5.41, 5.74) is 1.38. The number of likely N-dealkylation sites (N-methyl/N-ethyl adjacent to an activating group) is 1. The maximum Gasteiger partial charge on any atom is 0.409 e. The van der Waals surface area contributed by atoms with E-state index < -0.39 is 52.7 Å². The number of carbonyl (C=O) groups excluding carboxylic acids is 2. The Morgan fingerprint density at radius 1 is 1.06 bits per heavy atom. The molecular formula is C21H24F3N3O7S. The number of rotatable bonds is 12. The highest BCUT2D eigenvalue weighted by molar-refractivity contribution is 7.82. The largest absolute Gasteiger partial charge is 0.451 e. The summed E-state index contributed by atoms with van der Waals surface area (Å²) in [4.78, 5) is 24.4. The molecule has 0 saturated carbocycles. The first-order chi connectivity index (χ1) is 16.7. The molecule has 0 aliphatic rings. The smallest absolute Gasteiger partial charge is 0.409 e. The lowest BCUT2D eigenvalue weighted by Gasteiger charge is -2.24. The zero-order chi connectivity index (χ0) is 26.0. The normalized spacial score (nSPS) is 11.7. The number of ether oxygens (including phenoxy) is 3. The van der Waals surface area contributed by atoms with Gasteiger partial charge in [0.25, 0.3) is 5.91 Å². The molecule has 0 aliphatic carbocycles. The van der Waals surface area contributed by atoms with Gasteiger partial charge in [0.05, 0.1) is 18.0 Å². The van der Waals surface area contributed by atoms with Crippen molar-refractivity contribution >= 4 is 23.0 Å². The van der Waals surface area contributed by atoms with Crippen molar-refractivity contribution in [3.05, 3.63) is 53.8 Å². The number of nitrogens with one attached hydrogen (secondary N) is 1. The molecule has 2 amide bonds. The van der Waals surface area contributed by atoms with Gasteiger partial charge < -0.3 is 19.1 Å². The highest BCUT2D eigenvalue weighted by Crippen LogP contribution is 2.30. The molecule has 2 aromatic carbocycles. The molecule has 0 radical (unpaired) electrons. The molecule has 14 heteroatoms. The molecule has 0 fully saturated rings. The fourth-order valence-electron chi connectivity index (χ4n) is 2.60. The summed E-state index contributed by atoms with van der Waals surface area (Å²) in [5.74, 6) is -4.72. The van der Waals surface area contributed by atoms with Gasteiger partial charge in [-0.3, -0.25) is 10.0 Å². The van der Waals surface area contributed by atoms with E-state index in [2.05, 4.69) is 0 Å². The first kappa shape index (κ1) is 28.0. The Hall–Kier alpha value is -3.20. The Bertz CT molecular complexity index is 1020. The number of hydrogen-bond donors (Lipinski definition) is 2. The third-order valence-electron chi connectivity index (χ3n) is 4.40. The summed E-state index contributed by atoms with van der Waals surface area (Å²) in [6, 6.07) is 5.94. The monoisotopic (exact) mass is 519 g/mol. The van der Waals surface area contributed by atoms with Crippen LogP contribution in [-0.2, 0) is 25.3 Å². The van der Waals surface area contributed by atoms with E-state index in [0.717, 1.165) is 33.5 Å². The molecule has 2 aromatic rings. The molecule has 0 saturated heterocycles. The van der Waals surface area contributed by atoms with Crippen LogP contribution >= 0.6 is 0 Å². The molecule has 0 aliphatic heterocycles. The van der Waals surface area contributed by atoms with Crippen LogP contribution in [-0.4, -0.2) is 77.6 Å².